The first kappa shape index (κ1) is 16.2. The van der Waals surface area contributed by atoms with E-state index in [1.165, 1.54) is 24.4 Å². The zero-order valence-electron chi connectivity index (χ0n) is 12.7. The van der Waals surface area contributed by atoms with E-state index in [0.29, 0.717) is 5.95 Å². The Hall–Kier alpha value is -2.64. The molecular weight excluding hydrogens is 321 g/mol. The van der Waals surface area contributed by atoms with Crippen molar-refractivity contribution in [3.63, 3.8) is 0 Å². The number of carbonyl (C=O) groups excluding carboxylic acids is 1. The van der Waals surface area contributed by atoms with Gasteiger partial charge in [-0.2, -0.15) is 13.2 Å². The van der Waals surface area contributed by atoms with E-state index in [1.807, 2.05) is 4.90 Å². The molecule has 0 unspecified atom stereocenters. The van der Waals surface area contributed by atoms with Crippen LogP contribution in [0.1, 0.15) is 28.9 Å². The fourth-order valence-electron chi connectivity index (χ4n) is 2.51. The van der Waals surface area contributed by atoms with Crippen LogP contribution in [-0.2, 0) is 6.18 Å². The molecule has 3 rings (SSSR count). The molecule has 1 saturated heterocycles. The van der Waals surface area contributed by atoms with Crippen LogP contribution in [0.5, 0.6) is 0 Å². The molecule has 0 radical (unpaired) electrons. The molecular formula is C16H15F3N4O. The smallest absolute Gasteiger partial charge is 0.341 e. The number of halogens is 3. The van der Waals surface area contributed by atoms with Gasteiger partial charge in [-0.15, -0.1) is 0 Å². The Morgan fingerprint density at radius 2 is 1.92 bits per heavy atom. The van der Waals surface area contributed by atoms with Gasteiger partial charge >= 0.3 is 6.18 Å². The zero-order valence-corrected chi connectivity index (χ0v) is 12.7. The number of nitrogens with one attached hydrogen (secondary N) is 1. The Labute approximate surface area is 136 Å². The highest BCUT2D eigenvalue weighted by atomic mass is 19.4. The molecule has 0 saturated carbocycles. The molecule has 24 heavy (non-hydrogen) atoms. The number of hydrogen-bond acceptors (Lipinski definition) is 4. The minimum atomic E-state index is -4.46. The van der Waals surface area contributed by atoms with Gasteiger partial charge in [0, 0.05) is 25.0 Å². The predicted octanol–water partition coefficient (Wildman–Crippen LogP) is 3.35. The zero-order chi connectivity index (χ0) is 17.2. The van der Waals surface area contributed by atoms with E-state index in [1.54, 1.807) is 0 Å². The number of hydrogen-bond donors (Lipinski definition) is 1. The molecule has 1 fully saturated rings. The van der Waals surface area contributed by atoms with Crippen molar-refractivity contribution >= 4 is 17.5 Å². The van der Waals surface area contributed by atoms with Crippen LogP contribution >= 0.6 is 0 Å². The second kappa shape index (κ2) is 6.46. The van der Waals surface area contributed by atoms with Crippen LogP contribution in [0, 0.1) is 0 Å². The third-order valence-corrected chi connectivity index (χ3v) is 3.71. The van der Waals surface area contributed by atoms with Crippen molar-refractivity contribution in [3.05, 3.63) is 47.8 Å². The largest absolute Gasteiger partial charge is 0.416 e. The summed E-state index contributed by atoms with van der Waals surface area (Å²) in [5.74, 6) is -0.110. The number of nitrogens with zero attached hydrogens (tertiary/aromatic N) is 3. The van der Waals surface area contributed by atoms with Gasteiger partial charge in [-0.05, 0) is 37.1 Å². The fourth-order valence-corrected chi connectivity index (χ4v) is 2.51. The minimum absolute atomic E-state index is 0.0659. The van der Waals surface area contributed by atoms with Gasteiger partial charge < -0.3 is 10.2 Å². The highest BCUT2D eigenvalue weighted by molar-refractivity contribution is 6.03. The van der Waals surface area contributed by atoms with Crippen LogP contribution in [0.3, 0.4) is 0 Å². The van der Waals surface area contributed by atoms with Gasteiger partial charge in [-0.3, -0.25) is 4.79 Å². The molecule has 1 aliphatic heterocycles. The molecule has 5 nitrogen and oxygen atoms in total. The molecule has 1 aromatic heterocycles. The van der Waals surface area contributed by atoms with Gasteiger partial charge in [-0.25, -0.2) is 9.97 Å². The highest BCUT2D eigenvalue weighted by Gasteiger charge is 2.30. The van der Waals surface area contributed by atoms with Crippen molar-refractivity contribution < 1.29 is 18.0 Å². The number of rotatable bonds is 3. The number of anilines is 2. The summed E-state index contributed by atoms with van der Waals surface area (Å²) in [5.41, 5.74) is -0.638. The number of amides is 1. The second-order valence-corrected chi connectivity index (χ2v) is 5.47. The Bertz CT molecular complexity index is 742. The van der Waals surface area contributed by atoms with E-state index in [9.17, 15) is 18.0 Å². The molecule has 1 aromatic carbocycles. The van der Waals surface area contributed by atoms with E-state index in [-0.39, 0.29) is 11.4 Å². The number of alkyl halides is 3. The van der Waals surface area contributed by atoms with E-state index < -0.39 is 17.6 Å². The summed E-state index contributed by atoms with van der Waals surface area (Å²) in [6, 6.07) is 5.92. The lowest BCUT2D eigenvalue weighted by molar-refractivity contribution is -0.137. The monoisotopic (exact) mass is 336 g/mol. The van der Waals surface area contributed by atoms with Crippen LogP contribution < -0.4 is 10.2 Å². The Balaban J connectivity index is 1.76. The molecule has 0 atom stereocenters. The molecule has 0 aliphatic carbocycles. The first-order valence-electron chi connectivity index (χ1n) is 7.50. The van der Waals surface area contributed by atoms with E-state index in [4.69, 9.17) is 0 Å². The van der Waals surface area contributed by atoms with Gasteiger partial charge in [0.1, 0.15) is 5.69 Å². The SMILES string of the molecule is O=C(Nc1cccc(C(F)(F)F)c1)c1ccnc(N2CCCC2)n1. The number of benzene rings is 1. The summed E-state index contributed by atoms with van der Waals surface area (Å²) in [5, 5.41) is 2.44. The van der Waals surface area contributed by atoms with Crippen LogP contribution in [0.4, 0.5) is 24.8 Å². The molecule has 126 valence electrons. The van der Waals surface area contributed by atoms with E-state index in [2.05, 4.69) is 15.3 Å². The summed E-state index contributed by atoms with van der Waals surface area (Å²) in [6.07, 6.45) is -0.895. The topological polar surface area (TPSA) is 58.1 Å². The maximum atomic E-state index is 12.7. The molecule has 8 heteroatoms. The number of carbonyl (C=O) groups is 1. The first-order chi connectivity index (χ1) is 11.4. The highest BCUT2D eigenvalue weighted by Crippen LogP contribution is 2.30. The molecule has 1 N–H and O–H groups in total. The Morgan fingerprint density at radius 3 is 2.62 bits per heavy atom. The van der Waals surface area contributed by atoms with Crippen molar-refractivity contribution in [1.29, 1.82) is 0 Å². The standard InChI is InChI=1S/C16H15F3N4O/c17-16(18,19)11-4-3-5-12(10-11)21-14(24)13-6-7-20-15(22-13)23-8-1-2-9-23/h3-7,10H,1-2,8-9H2,(H,21,24). The lowest BCUT2D eigenvalue weighted by Gasteiger charge is -2.15. The summed E-state index contributed by atoms with van der Waals surface area (Å²) in [7, 11) is 0. The maximum Gasteiger partial charge on any atom is 0.416 e. The lowest BCUT2D eigenvalue weighted by Crippen LogP contribution is -2.22. The van der Waals surface area contributed by atoms with E-state index in [0.717, 1.165) is 38.1 Å². The van der Waals surface area contributed by atoms with Crippen molar-refractivity contribution in [2.45, 2.75) is 19.0 Å². The molecule has 0 spiro atoms. The minimum Gasteiger partial charge on any atom is -0.341 e. The third kappa shape index (κ3) is 3.64. The second-order valence-electron chi connectivity index (χ2n) is 5.47. The summed E-state index contributed by atoms with van der Waals surface area (Å²) in [6.45, 7) is 1.66. The Kier molecular flexibility index (Phi) is 4.37. The molecule has 2 heterocycles. The maximum absolute atomic E-state index is 12.7. The summed E-state index contributed by atoms with van der Waals surface area (Å²) in [4.78, 5) is 22.6. The van der Waals surface area contributed by atoms with Crippen LogP contribution in [0.25, 0.3) is 0 Å². The predicted molar refractivity (Wildman–Crippen MR) is 82.9 cm³/mol. The quantitative estimate of drug-likeness (QED) is 0.934. The van der Waals surface area contributed by atoms with Crippen molar-refractivity contribution in [3.8, 4) is 0 Å². The van der Waals surface area contributed by atoms with Gasteiger partial charge in [-0.1, -0.05) is 6.07 Å². The molecule has 0 bridgehead atoms. The normalized spacial score (nSPS) is 14.7. The summed E-state index contributed by atoms with van der Waals surface area (Å²) >= 11 is 0. The van der Waals surface area contributed by atoms with Crippen molar-refractivity contribution in [1.82, 2.24) is 9.97 Å². The third-order valence-electron chi connectivity index (χ3n) is 3.71. The average Bonchev–Trinajstić information content (AvgIpc) is 3.09. The van der Waals surface area contributed by atoms with Crippen LogP contribution in [0.15, 0.2) is 36.5 Å². The van der Waals surface area contributed by atoms with Crippen molar-refractivity contribution in [2.24, 2.45) is 0 Å². The fraction of sp³-hybridized carbons (Fsp3) is 0.312. The van der Waals surface area contributed by atoms with Crippen LogP contribution in [0.2, 0.25) is 0 Å². The van der Waals surface area contributed by atoms with Gasteiger partial charge in [0.05, 0.1) is 5.56 Å². The van der Waals surface area contributed by atoms with Gasteiger partial charge in [0.15, 0.2) is 0 Å². The number of aromatic nitrogens is 2. The molecule has 1 amide bonds. The van der Waals surface area contributed by atoms with Gasteiger partial charge in [0.2, 0.25) is 5.95 Å². The first-order valence-corrected chi connectivity index (χ1v) is 7.50. The molecule has 2 aromatic rings. The summed E-state index contributed by atoms with van der Waals surface area (Å²) < 4.78 is 38.1. The Morgan fingerprint density at radius 1 is 1.17 bits per heavy atom. The van der Waals surface area contributed by atoms with Crippen LogP contribution in [-0.4, -0.2) is 29.0 Å². The van der Waals surface area contributed by atoms with Crippen molar-refractivity contribution in [2.75, 3.05) is 23.3 Å². The van der Waals surface area contributed by atoms with Gasteiger partial charge in [0.25, 0.3) is 5.91 Å². The average molecular weight is 336 g/mol. The van der Waals surface area contributed by atoms with E-state index >= 15 is 0 Å². The molecule has 1 aliphatic rings. The lowest BCUT2D eigenvalue weighted by atomic mass is 10.2.